The van der Waals surface area contributed by atoms with Crippen LogP contribution in [0.15, 0.2) is 97.2 Å². The number of rotatable bonds is 8. The lowest BCUT2D eigenvalue weighted by Gasteiger charge is -2.34. The lowest BCUT2D eigenvalue weighted by molar-refractivity contribution is 0.396. The van der Waals surface area contributed by atoms with Gasteiger partial charge < -0.3 is 9.80 Å². The Hall–Kier alpha value is -3.70. The molecule has 0 aliphatic heterocycles. The third-order valence-electron chi connectivity index (χ3n) is 7.40. The van der Waals surface area contributed by atoms with Crippen LogP contribution in [0.25, 0.3) is 11.1 Å². The van der Waals surface area contributed by atoms with Crippen LogP contribution in [0.3, 0.4) is 0 Å². The Morgan fingerprint density at radius 1 is 0.838 bits per heavy atom. The van der Waals surface area contributed by atoms with E-state index in [1.807, 2.05) is 0 Å². The van der Waals surface area contributed by atoms with Gasteiger partial charge in [-0.3, -0.25) is 0 Å². The second-order valence-electron chi connectivity index (χ2n) is 10.3. The lowest BCUT2D eigenvalue weighted by Crippen LogP contribution is -2.27. The Labute approximate surface area is 224 Å². The second-order valence-corrected chi connectivity index (χ2v) is 10.3. The minimum absolute atomic E-state index is 0.540. The van der Waals surface area contributed by atoms with E-state index in [-0.39, 0.29) is 0 Å². The topological polar surface area (TPSA) is 6.48 Å². The molecule has 3 aromatic carbocycles. The fourth-order valence-electron chi connectivity index (χ4n) is 4.95. The molecule has 0 heterocycles. The zero-order valence-electron chi connectivity index (χ0n) is 22.8. The van der Waals surface area contributed by atoms with Crippen molar-refractivity contribution in [3.05, 3.63) is 108 Å². The van der Waals surface area contributed by atoms with Gasteiger partial charge in [0.25, 0.3) is 0 Å². The molecule has 4 rings (SSSR count). The summed E-state index contributed by atoms with van der Waals surface area (Å²) >= 11 is 0. The van der Waals surface area contributed by atoms with Crippen LogP contribution in [0.4, 0.5) is 11.4 Å². The SMILES string of the molecule is C=C(C#Cc1cccc(N(Cc2ccc(-c3ccc(N(C)C)cc3)cc2)C(=C)C2CCCCC2)c1)CC. The summed E-state index contributed by atoms with van der Waals surface area (Å²) in [6, 6.07) is 26.3. The molecule has 0 atom stereocenters. The number of hydrogen-bond donors (Lipinski definition) is 0. The zero-order chi connectivity index (χ0) is 26.2. The van der Waals surface area contributed by atoms with Crippen molar-refractivity contribution in [2.75, 3.05) is 23.9 Å². The standard InChI is InChI=1S/C35H40N2/c1-6-27(2)15-16-29-11-10-14-35(25-29)37(28(3)31-12-8-7-9-13-31)26-30-17-19-32(20-18-30)33-21-23-34(24-22-33)36(4)5/h10-11,14,17-25,31H,2-3,6-9,12-13,26H2,1,4-5H3. The minimum Gasteiger partial charge on any atom is -0.378 e. The summed E-state index contributed by atoms with van der Waals surface area (Å²) in [5.41, 5.74) is 9.33. The molecule has 1 aliphatic carbocycles. The third kappa shape index (κ3) is 6.95. The van der Waals surface area contributed by atoms with E-state index in [1.54, 1.807) is 0 Å². The molecule has 0 aromatic heterocycles. The molecule has 0 spiro atoms. The number of anilines is 2. The minimum atomic E-state index is 0.540. The molecule has 1 saturated carbocycles. The summed E-state index contributed by atoms with van der Waals surface area (Å²) in [6.07, 6.45) is 7.27. The summed E-state index contributed by atoms with van der Waals surface area (Å²) in [6.45, 7) is 11.5. The molecule has 1 fully saturated rings. The smallest absolute Gasteiger partial charge is 0.0478 e. The van der Waals surface area contributed by atoms with Crippen LogP contribution in [-0.4, -0.2) is 14.1 Å². The highest BCUT2D eigenvalue weighted by Gasteiger charge is 2.22. The Balaban J connectivity index is 1.59. The van der Waals surface area contributed by atoms with E-state index in [1.165, 1.54) is 60.2 Å². The summed E-state index contributed by atoms with van der Waals surface area (Å²) < 4.78 is 0. The summed E-state index contributed by atoms with van der Waals surface area (Å²) in [5.74, 6) is 7.04. The van der Waals surface area contributed by atoms with Crippen molar-refractivity contribution < 1.29 is 0 Å². The fourth-order valence-corrected chi connectivity index (χ4v) is 4.95. The number of allylic oxidation sites excluding steroid dienone is 2. The summed E-state index contributed by atoms with van der Waals surface area (Å²) in [7, 11) is 4.14. The molecule has 37 heavy (non-hydrogen) atoms. The van der Waals surface area contributed by atoms with Crippen LogP contribution in [0.2, 0.25) is 0 Å². The first kappa shape index (κ1) is 26.4. The Bertz CT molecular complexity index is 1260. The van der Waals surface area contributed by atoms with Crippen molar-refractivity contribution in [3.8, 4) is 23.0 Å². The molecule has 0 amide bonds. The number of benzene rings is 3. The maximum atomic E-state index is 4.63. The van der Waals surface area contributed by atoms with E-state index in [0.717, 1.165) is 29.8 Å². The van der Waals surface area contributed by atoms with Gasteiger partial charge in [-0.1, -0.05) is 93.6 Å². The fraction of sp³-hybridized carbons (Fsp3) is 0.314. The van der Waals surface area contributed by atoms with Crippen LogP contribution in [0, 0.1) is 17.8 Å². The van der Waals surface area contributed by atoms with Gasteiger partial charge in [0.2, 0.25) is 0 Å². The molecule has 0 radical (unpaired) electrons. The first-order valence-corrected chi connectivity index (χ1v) is 13.6. The maximum absolute atomic E-state index is 4.63. The molecule has 190 valence electrons. The van der Waals surface area contributed by atoms with Gasteiger partial charge in [-0.2, -0.15) is 0 Å². The molecule has 0 N–H and O–H groups in total. The zero-order valence-corrected chi connectivity index (χ0v) is 22.8. The third-order valence-corrected chi connectivity index (χ3v) is 7.40. The maximum Gasteiger partial charge on any atom is 0.0478 e. The van der Waals surface area contributed by atoms with E-state index in [9.17, 15) is 0 Å². The van der Waals surface area contributed by atoms with Gasteiger partial charge in [-0.25, -0.2) is 0 Å². The number of nitrogens with zero attached hydrogens (tertiary/aromatic N) is 2. The molecule has 3 aromatic rings. The molecule has 2 nitrogen and oxygen atoms in total. The van der Waals surface area contributed by atoms with Crippen molar-refractivity contribution in [2.24, 2.45) is 5.92 Å². The van der Waals surface area contributed by atoms with Gasteiger partial charge in [-0.15, -0.1) is 0 Å². The molecular weight excluding hydrogens is 448 g/mol. The number of hydrogen-bond acceptors (Lipinski definition) is 2. The van der Waals surface area contributed by atoms with Crippen molar-refractivity contribution in [1.29, 1.82) is 0 Å². The van der Waals surface area contributed by atoms with E-state index < -0.39 is 0 Å². The predicted octanol–water partition coefficient (Wildman–Crippen LogP) is 8.84. The first-order valence-electron chi connectivity index (χ1n) is 13.6. The monoisotopic (exact) mass is 488 g/mol. The van der Waals surface area contributed by atoms with Crippen LogP contribution >= 0.6 is 0 Å². The Morgan fingerprint density at radius 3 is 2.11 bits per heavy atom. The largest absolute Gasteiger partial charge is 0.378 e. The van der Waals surface area contributed by atoms with Gasteiger partial charge in [0.15, 0.2) is 0 Å². The van der Waals surface area contributed by atoms with Crippen LogP contribution < -0.4 is 9.80 Å². The molecule has 2 heteroatoms. The normalized spacial score (nSPS) is 13.4. The van der Waals surface area contributed by atoms with Crippen LogP contribution in [0.1, 0.15) is 56.6 Å². The van der Waals surface area contributed by atoms with Crippen LogP contribution in [0.5, 0.6) is 0 Å². The Morgan fingerprint density at radius 2 is 1.49 bits per heavy atom. The van der Waals surface area contributed by atoms with Crippen molar-refractivity contribution in [2.45, 2.75) is 52.0 Å². The lowest BCUT2D eigenvalue weighted by atomic mass is 9.86. The van der Waals surface area contributed by atoms with Crippen molar-refractivity contribution in [1.82, 2.24) is 0 Å². The van der Waals surface area contributed by atoms with Crippen molar-refractivity contribution >= 4 is 11.4 Å². The highest BCUT2D eigenvalue weighted by molar-refractivity contribution is 5.67. The molecule has 1 aliphatic rings. The highest BCUT2D eigenvalue weighted by Crippen LogP contribution is 2.34. The van der Waals surface area contributed by atoms with Gasteiger partial charge in [-0.05, 0) is 77.8 Å². The van der Waals surface area contributed by atoms with Gasteiger partial charge in [0.1, 0.15) is 0 Å². The van der Waals surface area contributed by atoms with Crippen molar-refractivity contribution in [3.63, 3.8) is 0 Å². The molecule has 0 unspecified atom stereocenters. The average Bonchev–Trinajstić information content (AvgIpc) is 2.95. The summed E-state index contributed by atoms with van der Waals surface area (Å²) in [5, 5.41) is 0. The van der Waals surface area contributed by atoms with E-state index >= 15 is 0 Å². The molecule has 0 saturated heterocycles. The van der Waals surface area contributed by atoms with Gasteiger partial charge in [0, 0.05) is 43.3 Å². The Kier molecular flexibility index (Phi) is 8.91. The first-order chi connectivity index (χ1) is 17.9. The van der Waals surface area contributed by atoms with Gasteiger partial charge >= 0.3 is 0 Å². The average molecular weight is 489 g/mol. The van der Waals surface area contributed by atoms with Gasteiger partial charge in [0.05, 0.1) is 0 Å². The quantitative estimate of drug-likeness (QED) is 0.292. The van der Waals surface area contributed by atoms with E-state index in [4.69, 9.17) is 0 Å². The predicted molar refractivity (Wildman–Crippen MR) is 161 cm³/mol. The molecular formula is C35H40N2. The summed E-state index contributed by atoms with van der Waals surface area (Å²) in [4.78, 5) is 4.54. The highest BCUT2D eigenvalue weighted by atomic mass is 15.1. The van der Waals surface area contributed by atoms with E-state index in [0.29, 0.717) is 5.92 Å². The molecule has 0 bridgehead atoms. The van der Waals surface area contributed by atoms with E-state index in [2.05, 4.69) is 129 Å². The van der Waals surface area contributed by atoms with Crippen LogP contribution in [-0.2, 0) is 6.54 Å². The second kappa shape index (κ2) is 12.5.